The van der Waals surface area contributed by atoms with Gasteiger partial charge in [0.1, 0.15) is 5.60 Å². The Balaban J connectivity index is 1.83. The summed E-state index contributed by atoms with van der Waals surface area (Å²) in [5.74, 6) is -0.0129. The fraction of sp³-hybridized carbons (Fsp3) is 0.643. The fourth-order valence-corrected chi connectivity index (χ4v) is 4.76. The van der Waals surface area contributed by atoms with E-state index in [4.69, 9.17) is 14.5 Å². The van der Waals surface area contributed by atoms with Crippen LogP contribution >= 0.6 is 0 Å². The quantitative estimate of drug-likeness (QED) is 0.372. The number of imidazole rings is 1. The van der Waals surface area contributed by atoms with Gasteiger partial charge in [0, 0.05) is 39.4 Å². The van der Waals surface area contributed by atoms with Crippen molar-refractivity contribution in [1.82, 2.24) is 19.8 Å². The van der Waals surface area contributed by atoms with Crippen molar-refractivity contribution in [2.45, 2.75) is 78.1 Å². The number of ketones is 1. The number of nitrogens with zero attached hydrogens (tertiary/aromatic N) is 4. The third-order valence-electron chi connectivity index (χ3n) is 6.50. The highest BCUT2D eigenvalue weighted by atomic mass is 16.6. The van der Waals surface area contributed by atoms with Gasteiger partial charge < -0.3 is 24.3 Å². The highest BCUT2D eigenvalue weighted by Gasteiger charge is 2.36. The molecule has 1 aromatic heterocycles. The van der Waals surface area contributed by atoms with Gasteiger partial charge in [-0.3, -0.25) is 4.79 Å². The largest absolute Gasteiger partial charge is 0.444 e. The number of fused-ring (bicyclic) bond motifs is 1. The Morgan fingerprint density at radius 1 is 1.22 bits per heavy atom. The van der Waals surface area contributed by atoms with Crippen LogP contribution in [0.5, 0.6) is 0 Å². The fourth-order valence-electron chi connectivity index (χ4n) is 4.76. The lowest BCUT2D eigenvalue weighted by molar-refractivity contribution is 0.0149. The molecule has 9 nitrogen and oxygen atoms in total. The standard InChI is InChI=1S/C28H41N5O4/c1-19(2)24(30-21-15-20(16-29)17-32(18-21)27(35)37-28(3,4)5)25(34)26-31-22-11-7-8-12-23(22)33(26)13-9-10-14-36-6/h7-8,11-12,19-21,24,30H,9-10,13-15,17-18H2,1-6H3. The van der Waals surface area contributed by atoms with Crippen LogP contribution in [0.3, 0.4) is 0 Å². The minimum Gasteiger partial charge on any atom is -0.444 e. The Hall–Kier alpha value is -2.96. The molecule has 1 fully saturated rings. The van der Waals surface area contributed by atoms with Gasteiger partial charge in [0.25, 0.3) is 0 Å². The van der Waals surface area contributed by atoms with Crippen molar-refractivity contribution in [1.29, 1.82) is 5.26 Å². The van der Waals surface area contributed by atoms with Gasteiger partial charge in [0.05, 0.1) is 29.1 Å². The number of para-hydroxylation sites is 2. The number of nitrogens with one attached hydrogen (secondary N) is 1. The zero-order chi connectivity index (χ0) is 27.2. The van der Waals surface area contributed by atoms with Crippen molar-refractivity contribution >= 4 is 22.9 Å². The summed E-state index contributed by atoms with van der Waals surface area (Å²) in [6, 6.07) is 9.36. The molecule has 1 amide bonds. The highest BCUT2D eigenvalue weighted by Crippen LogP contribution is 2.23. The lowest BCUT2D eigenvalue weighted by Crippen LogP contribution is -2.56. The van der Waals surface area contributed by atoms with Gasteiger partial charge in [-0.15, -0.1) is 0 Å². The van der Waals surface area contributed by atoms with Crippen molar-refractivity contribution < 1.29 is 19.1 Å². The van der Waals surface area contributed by atoms with Crippen molar-refractivity contribution in [2.24, 2.45) is 11.8 Å². The number of carbonyl (C=O) groups excluding carboxylic acids is 2. The van der Waals surface area contributed by atoms with E-state index in [1.807, 2.05) is 63.5 Å². The van der Waals surface area contributed by atoms with E-state index in [-0.39, 0.29) is 23.7 Å². The molecule has 1 aliphatic heterocycles. The molecule has 0 aliphatic carbocycles. The molecular weight excluding hydrogens is 470 g/mol. The molecular formula is C28H41N5O4. The minimum absolute atomic E-state index is 0.0216. The van der Waals surface area contributed by atoms with Crippen LogP contribution in [0.1, 0.15) is 64.5 Å². The van der Waals surface area contributed by atoms with Crippen LogP contribution in [0.2, 0.25) is 0 Å². The van der Waals surface area contributed by atoms with Crippen LogP contribution < -0.4 is 5.32 Å². The average molecular weight is 512 g/mol. The lowest BCUT2D eigenvalue weighted by Gasteiger charge is -2.38. The Labute approximate surface area is 220 Å². The topological polar surface area (TPSA) is 109 Å². The van der Waals surface area contributed by atoms with Crippen LogP contribution in [0.4, 0.5) is 4.79 Å². The molecule has 9 heteroatoms. The first-order valence-electron chi connectivity index (χ1n) is 13.2. The smallest absolute Gasteiger partial charge is 0.410 e. The first-order chi connectivity index (χ1) is 17.5. The highest BCUT2D eigenvalue weighted by molar-refractivity contribution is 6.00. The molecule has 0 radical (unpaired) electrons. The molecule has 202 valence electrons. The Kier molecular flexibility index (Phi) is 9.68. The minimum atomic E-state index is -0.627. The molecule has 1 N–H and O–H groups in total. The van der Waals surface area contributed by atoms with E-state index in [1.54, 1.807) is 12.0 Å². The number of unbranched alkanes of at least 4 members (excludes halogenated alkanes) is 1. The summed E-state index contributed by atoms with van der Waals surface area (Å²) in [5, 5.41) is 13.2. The number of hydrogen-bond donors (Lipinski definition) is 1. The maximum absolute atomic E-state index is 14.0. The summed E-state index contributed by atoms with van der Waals surface area (Å²) in [5.41, 5.74) is 1.10. The number of Topliss-reactive ketones (excluding diaryl/α,β-unsaturated/α-hetero) is 1. The second kappa shape index (κ2) is 12.5. The normalized spacial score (nSPS) is 19.1. The molecule has 2 heterocycles. The molecule has 1 aromatic carbocycles. The van der Waals surface area contributed by atoms with E-state index in [9.17, 15) is 14.9 Å². The first kappa shape index (κ1) is 28.6. The third-order valence-corrected chi connectivity index (χ3v) is 6.50. The molecule has 1 saturated heterocycles. The number of aryl methyl sites for hydroxylation is 1. The number of piperidine rings is 1. The molecule has 0 saturated carbocycles. The van der Waals surface area contributed by atoms with Gasteiger partial charge in [0.15, 0.2) is 5.82 Å². The van der Waals surface area contributed by atoms with E-state index in [2.05, 4.69) is 11.4 Å². The summed E-state index contributed by atoms with van der Waals surface area (Å²) in [6.45, 7) is 11.5. The average Bonchev–Trinajstić information content (AvgIpc) is 3.22. The van der Waals surface area contributed by atoms with Gasteiger partial charge in [0.2, 0.25) is 5.78 Å². The van der Waals surface area contributed by atoms with E-state index in [0.29, 0.717) is 38.5 Å². The number of aromatic nitrogens is 2. The second-order valence-electron chi connectivity index (χ2n) is 11.2. The van der Waals surface area contributed by atoms with Crippen LogP contribution in [0.25, 0.3) is 11.0 Å². The number of rotatable bonds is 10. The number of nitriles is 1. The van der Waals surface area contributed by atoms with Crippen LogP contribution in [-0.4, -0.2) is 70.8 Å². The van der Waals surface area contributed by atoms with Crippen molar-refractivity contribution in [3.8, 4) is 6.07 Å². The van der Waals surface area contributed by atoms with E-state index < -0.39 is 17.7 Å². The molecule has 3 unspecified atom stereocenters. The molecule has 3 atom stereocenters. The Morgan fingerprint density at radius 2 is 1.95 bits per heavy atom. The summed E-state index contributed by atoms with van der Waals surface area (Å²) in [4.78, 5) is 33.0. The maximum Gasteiger partial charge on any atom is 0.410 e. The summed E-state index contributed by atoms with van der Waals surface area (Å²) in [6.07, 6.45) is 1.87. The third kappa shape index (κ3) is 7.53. The van der Waals surface area contributed by atoms with Gasteiger partial charge in [-0.2, -0.15) is 5.26 Å². The molecule has 1 aliphatic rings. The Bertz CT molecular complexity index is 1110. The molecule has 37 heavy (non-hydrogen) atoms. The van der Waals surface area contributed by atoms with Crippen molar-refractivity contribution in [3.05, 3.63) is 30.1 Å². The number of ether oxygens (including phenoxy) is 2. The lowest BCUT2D eigenvalue weighted by atomic mass is 9.92. The summed E-state index contributed by atoms with van der Waals surface area (Å²) >= 11 is 0. The number of amides is 1. The van der Waals surface area contributed by atoms with E-state index in [0.717, 1.165) is 23.9 Å². The molecule has 3 rings (SSSR count). The van der Waals surface area contributed by atoms with Crippen LogP contribution in [0, 0.1) is 23.2 Å². The van der Waals surface area contributed by atoms with Gasteiger partial charge in [-0.25, -0.2) is 9.78 Å². The number of benzene rings is 1. The van der Waals surface area contributed by atoms with Gasteiger partial charge >= 0.3 is 6.09 Å². The number of likely N-dealkylation sites (tertiary alicyclic amines) is 1. The zero-order valence-corrected chi connectivity index (χ0v) is 23.0. The second-order valence-corrected chi connectivity index (χ2v) is 11.2. The Morgan fingerprint density at radius 3 is 2.59 bits per heavy atom. The maximum atomic E-state index is 14.0. The SMILES string of the molecule is COCCCCn1c(C(=O)C(NC2CC(C#N)CN(C(=O)OC(C)(C)C)C2)C(C)C)nc2ccccc21. The molecule has 2 aromatic rings. The van der Waals surface area contributed by atoms with Crippen LogP contribution in [-0.2, 0) is 16.0 Å². The summed E-state index contributed by atoms with van der Waals surface area (Å²) < 4.78 is 12.8. The monoisotopic (exact) mass is 511 g/mol. The number of hydrogen-bond acceptors (Lipinski definition) is 7. The van der Waals surface area contributed by atoms with Crippen LogP contribution in [0.15, 0.2) is 24.3 Å². The number of carbonyl (C=O) groups is 2. The van der Waals surface area contributed by atoms with Crippen molar-refractivity contribution in [3.63, 3.8) is 0 Å². The van der Waals surface area contributed by atoms with E-state index in [1.165, 1.54) is 0 Å². The molecule has 0 bridgehead atoms. The van der Waals surface area contributed by atoms with Gasteiger partial charge in [-0.05, 0) is 58.1 Å². The number of methoxy groups -OCH3 is 1. The predicted molar refractivity (Wildman–Crippen MR) is 142 cm³/mol. The predicted octanol–water partition coefficient (Wildman–Crippen LogP) is 4.41. The first-order valence-corrected chi connectivity index (χ1v) is 13.2. The molecule has 0 spiro atoms. The summed E-state index contributed by atoms with van der Waals surface area (Å²) in [7, 11) is 1.69. The van der Waals surface area contributed by atoms with Crippen molar-refractivity contribution in [2.75, 3.05) is 26.8 Å². The van der Waals surface area contributed by atoms with E-state index >= 15 is 0 Å². The zero-order valence-electron chi connectivity index (χ0n) is 23.0. The van der Waals surface area contributed by atoms with Gasteiger partial charge in [-0.1, -0.05) is 26.0 Å².